The van der Waals surface area contributed by atoms with Gasteiger partial charge in [-0.3, -0.25) is 4.68 Å². The van der Waals surface area contributed by atoms with Crippen molar-refractivity contribution in [3.05, 3.63) is 40.8 Å². The fraction of sp³-hybridized carbons (Fsp3) is 0.308. The number of benzene rings is 1. The molecule has 0 radical (unpaired) electrons. The Morgan fingerprint density at radius 3 is 2.89 bits per heavy atom. The molecule has 0 aliphatic heterocycles. The van der Waals surface area contributed by atoms with Crippen LogP contribution in [0.25, 0.3) is 11.3 Å². The standard InChI is InChI=1S/C13H15ClFN3/c1-3-16-7-10-8-18(2)17-13(10)9-4-5-12(15)11(14)6-9/h4-6,8,16H,3,7H2,1-2H3. The Kier molecular flexibility index (Phi) is 3.99. The molecule has 96 valence electrons. The van der Waals surface area contributed by atoms with Crippen molar-refractivity contribution in [2.24, 2.45) is 7.05 Å². The van der Waals surface area contributed by atoms with Gasteiger partial charge in [0.05, 0.1) is 10.7 Å². The van der Waals surface area contributed by atoms with E-state index in [2.05, 4.69) is 10.4 Å². The summed E-state index contributed by atoms with van der Waals surface area (Å²) in [7, 11) is 1.87. The monoisotopic (exact) mass is 267 g/mol. The van der Waals surface area contributed by atoms with E-state index < -0.39 is 5.82 Å². The lowest BCUT2D eigenvalue weighted by Gasteiger charge is -2.04. The molecule has 1 heterocycles. The van der Waals surface area contributed by atoms with E-state index in [4.69, 9.17) is 11.6 Å². The van der Waals surface area contributed by atoms with Crippen molar-refractivity contribution < 1.29 is 4.39 Å². The Morgan fingerprint density at radius 2 is 2.22 bits per heavy atom. The summed E-state index contributed by atoms with van der Waals surface area (Å²) in [6, 6.07) is 4.66. The number of halogens is 2. The second kappa shape index (κ2) is 5.50. The molecule has 18 heavy (non-hydrogen) atoms. The highest BCUT2D eigenvalue weighted by Gasteiger charge is 2.11. The fourth-order valence-electron chi connectivity index (χ4n) is 1.81. The lowest BCUT2D eigenvalue weighted by Crippen LogP contribution is -2.11. The summed E-state index contributed by atoms with van der Waals surface area (Å²) in [5, 5.41) is 7.77. The molecule has 0 unspecified atom stereocenters. The van der Waals surface area contributed by atoms with Crippen molar-refractivity contribution in [1.29, 1.82) is 0 Å². The van der Waals surface area contributed by atoms with Crippen LogP contribution in [0.2, 0.25) is 5.02 Å². The lowest BCUT2D eigenvalue weighted by molar-refractivity contribution is 0.628. The van der Waals surface area contributed by atoms with Gasteiger partial charge in [-0.15, -0.1) is 0 Å². The number of hydrogen-bond donors (Lipinski definition) is 1. The molecule has 1 aromatic heterocycles. The van der Waals surface area contributed by atoms with E-state index in [1.165, 1.54) is 6.07 Å². The average Bonchev–Trinajstić information content (AvgIpc) is 2.71. The van der Waals surface area contributed by atoms with Gasteiger partial charge in [0.2, 0.25) is 0 Å². The molecule has 5 heteroatoms. The van der Waals surface area contributed by atoms with Crippen LogP contribution in [0.3, 0.4) is 0 Å². The first kappa shape index (κ1) is 13.1. The number of nitrogens with one attached hydrogen (secondary N) is 1. The quantitative estimate of drug-likeness (QED) is 0.923. The maximum Gasteiger partial charge on any atom is 0.141 e. The molecule has 3 nitrogen and oxygen atoms in total. The van der Waals surface area contributed by atoms with Crippen LogP contribution in [0, 0.1) is 5.82 Å². The molecule has 1 N–H and O–H groups in total. The van der Waals surface area contributed by atoms with E-state index in [1.54, 1.807) is 16.8 Å². The number of hydrogen-bond acceptors (Lipinski definition) is 2. The van der Waals surface area contributed by atoms with Crippen LogP contribution in [0.4, 0.5) is 4.39 Å². The normalized spacial score (nSPS) is 10.9. The van der Waals surface area contributed by atoms with Crippen LogP contribution >= 0.6 is 11.6 Å². The topological polar surface area (TPSA) is 29.9 Å². The van der Waals surface area contributed by atoms with Gasteiger partial charge in [-0.1, -0.05) is 18.5 Å². The van der Waals surface area contributed by atoms with Crippen molar-refractivity contribution in [2.45, 2.75) is 13.5 Å². The minimum Gasteiger partial charge on any atom is -0.313 e. The molecule has 1 aromatic carbocycles. The minimum absolute atomic E-state index is 0.118. The Morgan fingerprint density at radius 1 is 1.44 bits per heavy atom. The van der Waals surface area contributed by atoms with Gasteiger partial charge in [0, 0.05) is 30.9 Å². The summed E-state index contributed by atoms with van der Waals surface area (Å²) in [6.45, 7) is 3.66. The zero-order valence-electron chi connectivity index (χ0n) is 10.4. The van der Waals surface area contributed by atoms with Crippen molar-refractivity contribution in [3.63, 3.8) is 0 Å². The molecule has 0 bridgehead atoms. The zero-order valence-corrected chi connectivity index (χ0v) is 11.1. The van der Waals surface area contributed by atoms with E-state index in [1.807, 2.05) is 20.2 Å². The molecule has 0 spiro atoms. The third-order valence-electron chi connectivity index (χ3n) is 2.66. The molecule has 0 aliphatic rings. The van der Waals surface area contributed by atoms with Crippen LogP contribution in [0.5, 0.6) is 0 Å². The van der Waals surface area contributed by atoms with Crippen LogP contribution in [-0.2, 0) is 13.6 Å². The first-order chi connectivity index (χ1) is 8.61. The molecule has 0 saturated carbocycles. The Bertz CT molecular complexity index is 551. The van der Waals surface area contributed by atoms with E-state index in [0.717, 1.165) is 29.9 Å². The third kappa shape index (κ3) is 2.71. The minimum atomic E-state index is -0.412. The number of nitrogens with zero attached hydrogens (tertiary/aromatic N) is 2. The summed E-state index contributed by atoms with van der Waals surface area (Å²) in [5.74, 6) is -0.412. The SMILES string of the molecule is CCNCc1cn(C)nc1-c1ccc(F)c(Cl)c1. The fourth-order valence-corrected chi connectivity index (χ4v) is 1.99. The highest BCUT2D eigenvalue weighted by Crippen LogP contribution is 2.26. The molecule has 0 amide bonds. The van der Waals surface area contributed by atoms with Gasteiger partial charge in [-0.05, 0) is 24.7 Å². The van der Waals surface area contributed by atoms with Gasteiger partial charge in [-0.25, -0.2) is 4.39 Å². The van der Waals surface area contributed by atoms with Gasteiger partial charge in [-0.2, -0.15) is 5.10 Å². The van der Waals surface area contributed by atoms with Gasteiger partial charge >= 0.3 is 0 Å². The molecular formula is C13H15ClFN3. The van der Waals surface area contributed by atoms with Crippen molar-refractivity contribution in [3.8, 4) is 11.3 Å². The van der Waals surface area contributed by atoms with E-state index in [9.17, 15) is 4.39 Å². The Balaban J connectivity index is 2.39. The summed E-state index contributed by atoms with van der Waals surface area (Å²) >= 11 is 5.80. The van der Waals surface area contributed by atoms with Crippen molar-refractivity contribution in [1.82, 2.24) is 15.1 Å². The largest absolute Gasteiger partial charge is 0.313 e. The molecule has 0 atom stereocenters. The summed E-state index contributed by atoms with van der Waals surface area (Å²) < 4.78 is 14.9. The summed E-state index contributed by atoms with van der Waals surface area (Å²) in [6.07, 6.45) is 1.95. The zero-order chi connectivity index (χ0) is 13.1. The first-order valence-electron chi connectivity index (χ1n) is 5.80. The molecule has 2 rings (SSSR count). The molecule has 0 aliphatic carbocycles. The van der Waals surface area contributed by atoms with Crippen LogP contribution in [0.1, 0.15) is 12.5 Å². The maximum atomic E-state index is 13.2. The Hall–Kier alpha value is -1.39. The molecule has 0 fully saturated rings. The highest BCUT2D eigenvalue weighted by atomic mass is 35.5. The van der Waals surface area contributed by atoms with Crippen LogP contribution in [-0.4, -0.2) is 16.3 Å². The summed E-state index contributed by atoms with van der Waals surface area (Å²) in [4.78, 5) is 0. The van der Waals surface area contributed by atoms with Crippen molar-refractivity contribution >= 4 is 11.6 Å². The number of aromatic nitrogens is 2. The highest BCUT2D eigenvalue weighted by molar-refractivity contribution is 6.31. The van der Waals surface area contributed by atoms with Gasteiger partial charge in [0.1, 0.15) is 5.82 Å². The first-order valence-corrected chi connectivity index (χ1v) is 6.18. The average molecular weight is 268 g/mol. The van der Waals surface area contributed by atoms with Gasteiger partial charge in [0.25, 0.3) is 0 Å². The Labute approximate surface area is 111 Å². The second-order valence-electron chi connectivity index (χ2n) is 4.09. The second-order valence-corrected chi connectivity index (χ2v) is 4.49. The molecular weight excluding hydrogens is 253 g/mol. The maximum absolute atomic E-state index is 13.2. The predicted molar refractivity (Wildman–Crippen MR) is 71.0 cm³/mol. The van der Waals surface area contributed by atoms with E-state index in [0.29, 0.717) is 0 Å². The van der Waals surface area contributed by atoms with Crippen LogP contribution in [0.15, 0.2) is 24.4 Å². The van der Waals surface area contributed by atoms with Gasteiger partial charge in [0.15, 0.2) is 0 Å². The van der Waals surface area contributed by atoms with E-state index in [-0.39, 0.29) is 5.02 Å². The number of aryl methyl sites for hydroxylation is 1. The lowest BCUT2D eigenvalue weighted by atomic mass is 10.1. The molecule has 0 saturated heterocycles. The van der Waals surface area contributed by atoms with Crippen molar-refractivity contribution in [2.75, 3.05) is 6.54 Å². The molecule has 2 aromatic rings. The number of rotatable bonds is 4. The summed E-state index contributed by atoms with van der Waals surface area (Å²) in [5.41, 5.74) is 2.73. The third-order valence-corrected chi connectivity index (χ3v) is 2.95. The van der Waals surface area contributed by atoms with E-state index >= 15 is 0 Å². The van der Waals surface area contributed by atoms with Crippen LogP contribution < -0.4 is 5.32 Å². The smallest absolute Gasteiger partial charge is 0.141 e. The van der Waals surface area contributed by atoms with Gasteiger partial charge < -0.3 is 5.32 Å². The predicted octanol–water partition coefficient (Wildman–Crippen LogP) is 2.99.